The number of esters is 1. The van der Waals surface area contributed by atoms with Crippen molar-refractivity contribution < 1.29 is 19.4 Å². The average molecular weight is 497 g/mol. The number of carbonyl (C=O) groups is 1. The quantitative estimate of drug-likeness (QED) is 0.322. The van der Waals surface area contributed by atoms with Gasteiger partial charge in [-0.15, -0.1) is 0 Å². The van der Waals surface area contributed by atoms with Crippen molar-refractivity contribution in [2.45, 2.75) is 43.3 Å². The molecule has 0 radical (unpaired) electrons. The Morgan fingerprint density at radius 2 is 1.97 bits per heavy atom. The molecule has 33 heavy (non-hydrogen) atoms. The lowest BCUT2D eigenvalue weighted by Gasteiger charge is -2.17. The Morgan fingerprint density at radius 1 is 1.27 bits per heavy atom. The van der Waals surface area contributed by atoms with Gasteiger partial charge in [0.05, 0.1) is 13.2 Å². The van der Waals surface area contributed by atoms with Crippen molar-refractivity contribution >= 4 is 40.5 Å². The van der Waals surface area contributed by atoms with Gasteiger partial charge in [-0.1, -0.05) is 30.3 Å². The minimum absolute atomic E-state index is 0.0486. The van der Waals surface area contributed by atoms with Gasteiger partial charge in [0.2, 0.25) is 0 Å². The predicted molar refractivity (Wildman–Crippen MR) is 125 cm³/mol. The first-order chi connectivity index (χ1) is 15.7. The van der Waals surface area contributed by atoms with Crippen LogP contribution >= 0.6 is 23.4 Å². The lowest BCUT2D eigenvalue weighted by atomic mass is 10.3. The molecule has 2 atom stereocenters. The van der Waals surface area contributed by atoms with E-state index in [1.807, 2.05) is 6.92 Å². The zero-order chi connectivity index (χ0) is 24.1. The summed E-state index contributed by atoms with van der Waals surface area (Å²) in [4.78, 5) is 43.7. The minimum Gasteiger partial charge on any atom is -0.491 e. The number of halogens is 1. The number of aliphatic hydroxyl groups excluding tert-OH is 1. The van der Waals surface area contributed by atoms with Gasteiger partial charge in [0.1, 0.15) is 23.7 Å². The van der Waals surface area contributed by atoms with Gasteiger partial charge in [0, 0.05) is 12.1 Å². The van der Waals surface area contributed by atoms with Crippen molar-refractivity contribution in [3.8, 4) is 5.75 Å². The molecule has 3 aromatic rings. The normalized spacial score (nSPS) is 13.1. The van der Waals surface area contributed by atoms with Gasteiger partial charge in [0.15, 0.2) is 16.3 Å². The first-order valence-electron chi connectivity index (χ1n) is 10.3. The molecule has 2 aromatic heterocycles. The van der Waals surface area contributed by atoms with E-state index < -0.39 is 28.6 Å². The van der Waals surface area contributed by atoms with Crippen LogP contribution in [-0.2, 0) is 23.1 Å². The number of nitrogens with one attached hydrogen (secondary N) is 1. The Balaban J connectivity index is 1.93. The van der Waals surface area contributed by atoms with E-state index >= 15 is 0 Å². The van der Waals surface area contributed by atoms with E-state index in [9.17, 15) is 19.5 Å². The van der Waals surface area contributed by atoms with Crippen molar-refractivity contribution in [1.82, 2.24) is 19.1 Å². The molecular formula is C21H25ClN4O6S. The fourth-order valence-electron chi connectivity index (χ4n) is 3.12. The third-order valence-electron chi connectivity index (χ3n) is 4.79. The predicted octanol–water partition coefficient (Wildman–Crippen LogP) is 1.95. The van der Waals surface area contributed by atoms with E-state index in [1.54, 1.807) is 31.2 Å². The van der Waals surface area contributed by atoms with Crippen LogP contribution in [0.3, 0.4) is 0 Å². The van der Waals surface area contributed by atoms with Crippen LogP contribution in [0.15, 0.2) is 39.0 Å². The summed E-state index contributed by atoms with van der Waals surface area (Å²) in [5.74, 6) is 0.121. The van der Waals surface area contributed by atoms with Crippen LogP contribution in [0.1, 0.15) is 20.3 Å². The Hall–Kier alpha value is -2.76. The largest absolute Gasteiger partial charge is 0.491 e. The summed E-state index contributed by atoms with van der Waals surface area (Å²) in [5, 5.41) is 10.9. The van der Waals surface area contributed by atoms with Gasteiger partial charge in [-0.25, -0.2) is 9.78 Å². The highest BCUT2D eigenvalue weighted by Gasteiger charge is 2.26. The van der Waals surface area contributed by atoms with E-state index in [2.05, 4.69) is 9.97 Å². The van der Waals surface area contributed by atoms with Crippen molar-refractivity contribution in [2.24, 2.45) is 7.05 Å². The molecule has 1 aromatic carbocycles. The second-order valence-electron chi connectivity index (χ2n) is 7.18. The summed E-state index contributed by atoms with van der Waals surface area (Å²) in [7, 11) is 1.48. The molecule has 0 bridgehead atoms. The number of benzene rings is 1. The smallest absolute Gasteiger partial charge is 0.329 e. The summed E-state index contributed by atoms with van der Waals surface area (Å²) < 4.78 is 13.4. The lowest BCUT2D eigenvalue weighted by molar-refractivity contribution is -0.142. The fourth-order valence-corrected chi connectivity index (χ4v) is 4.26. The first-order valence-corrected chi connectivity index (χ1v) is 11.6. The van der Waals surface area contributed by atoms with Crippen LogP contribution in [0, 0.1) is 0 Å². The first kappa shape index (κ1) is 24.9. The second kappa shape index (κ2) is 10.9. The third-order valence-corrected chi connectivity index (χ3v) is 6.37. The molecule has 10 nitrogen and oxygen atoms in total. The fraction of sp³-hybridized carbons (Fsp3) is 0.429. The minimum atomic E-state index is -1.02. The maximum Gasteiger partial charge on any atom is 0.329 e. The van der Waals surface area contributed by atoms with Crippen LogP contribution in [0.2, 0.25) is 5.02 Å². The lowest BCUT2D eigenvalue weighted by Crippen LogP contribution is -2.31. The monoisotopic (exact) mass is 496 g/mol. The molecule has 0 unspecified atom stereocenters. The molecule has 0 saturated heterocycles. The molecule has 0 fully saturated rings. The standard InChI is InChI=1S/C21H25ClN4O6S/c1-4-15(19(29)31-5-2)33-21-23-17-16(18(28)24-20(30)25(17)3)26(21)10-13(27)11-32-14-8-6-12(22)7-9-14/h6-9,13,15,27H,4-5,10-11H2,1-3H3,(H,24,28,30)/t13-,15+/m1/s1. The molecular weight excluding hydrogens is 472 g/mol. The average Bonchev–Trinajstić information content (AvgIpc) is 3.14. The SMILES string of the molecule is CCOC(=O)[C@H](CC)Sc1nc2c(c(=O)[nH]c(=O)n2C)n1C[C@@H](O)COc1ccc(Cl)cc1. The number of H-pyrrole nitrogens is 1. The number of fused-ring (bicyclic) bond motifs is 1. The van der Waals surface area contributed by atoms with Crippen LogP contribution in [0.4, 0.5) is 0 Å². The number of imidazole rings is 1. The molecule has 0 amide bonds. The van der Waals surface area contributed by atoms with Crippen LogP contribution in [0.5, 0.6) is 5.75 Å². The number of thioether (sulfide) groups is 1. The third kappa shape index (κ3) is 5.79. The molecule has 0 spiro atoms. The van der Waals surface area contributed by atoms with Gasteiger partial charge in [-0.05, 0) is 37.6 Å². The zero-order valence-electron chi connectivity index (χ0n) is 18.4. The number of ether oxygens (including phenoxy) is 2. The molecule has 0 aliphatic rings. The van der Waals surface area contributed by atoms with E-state index in [0.717, 1.165) is 11.8 Å². The molecule has 12 heteroatoms. The van der Waals surface area contributed by atoms with Crippen molar-refractivity contribution in [3.05, 3.63) is 50.1 Å². The van der Waals surface area contributed by atoms with Crippen LogP contribution in [-0.4, -0.2) is 54.7 Å². The van der Waals surface area contributed by atoms with Gasteiger partial charge in [0.25, 0.3) is 5.56 Å². The number of hydrogen-bond donors (Lipinski definition) is 2. The molecule has 0 aliphatic heterocycles. The number of nitrogens with zero attached hydrogens (tertiary/aromatic N) is 3. The van der Waals surface area contributed by atoms with Gasteiger partial charge < -0.3 is 19.1 Å². The molecule has 178 valence electrons. The number of aromatic amines is 1. The number of rotatable bonds is 10. The van der Waals surface area contributed by atoms with E-state index in [0.29, 0.717) is 22.3 Å². The zero-order valence-corrected chi connectivity index (χ0v) is 20.0. The van der Waals surface area contributed by atoms with Gasteiger partial charge in [-0.2, -0.15) is 0 Å². The molecule has 3 rings (SSSR count). The Bertz CT molecular complexity index is 1240. The van der Waals surface area contributed by atoms with E-state index in [4.69, 9.17) is 21.1 Å². The summed E-state index contributed by atoms with van der Waals surface area (Å²) >= 11 is 6.98. The highest BCUT2D eigenvalue weighted by atomic mass is 35.5. The summed E-state index contributed by atoms with van der Waals surface area (Å²) in [5.41, 5.74) is -0.986. The maximum absolute atomic E-state index is 12.6. The molecule has 0 aliphatic carbocycles. The molecule has 2 heterocycles. The van der Waals surface area contributed by atoms with Crippen LogP contribution in [0.25, 0.3) is 11.2 Å². The van der Waals surface area contributed by atoms with Gasteiger partial charge in [-0.3, -0.25) is 19.1 Å². The highest BCUT2D eigenvalue weighted by molar-refractivity contribution is 8.00. The Kier molecular flexibility index (Phi) is 8.22. The highest BCUT2D eigenvalue weighted by Crippen LogP contribution is 2.28. The van der Waals surface area contributed by atoms with E-state index in [-0.39, 0.29) is 30.9 Å². The summed E-state index contributed by atoms with van der Waals surface area (Å²) in [6, 6.07) is 6.69. The summed E-state index contributed by atoms with van der Waals surface area (Å²) in [6.45, 7) is 3.67. The summed E-state index contributed by atoms with van der Waals surface area (Å²) in [6.07, 6.45) is -0.554. The maximum atomic E-state index is 12.6. The number of aliphatic hydroxyl groups is 1. The number of hydrogen-bond acceptors (Lipinski definition) is 8. The number of aryl methyl sites for hydroxylation is 1. The molecule has 0 saturated carbocycles. The Labute approximate surface area is 198 Å². The topological polar surface area (TPSA) is 128 Å². The second-order valence-corrected chi connectivity index (χ2v) is 8.79. The van der Waals surface area contributed by atoms with Crippen molar-refractivity contribution in [3.63, 3.8) is 0 Å². The van der Waals surface area contributed by atoms with Crippen molar-refractivity contribution in [2.75, 3.05) is 13.2 Å². The molecule has 2 N–H and O–H groups in total. The number of carbonyl (C=O) groups excluding carboxylic acids is 1. The van der Waals surface area contributed by atoms with Crippen LogP contribution < -0.4 is 16.0 Å². The number of aromatic nitrogens is 4. The van der Waals surface area contributed by atoms with Crippen molar-refractivity contribution in [1.29, 1.82) is 0 Å². The Morgan fingerprint density at radius 3 is 2.61 bits per heavy atom. The van der Waals surface area contributed by atoms with E-state index in [1.165, 1.54) is 16.2 Å². The van der Waals surface area contributed by atoms with Gasteiger partial charge >= 0.3 is 11.7 Å².